The first kappa shape index (κ1) is 23.4. The Morgan fingerprint density at radius 3 is 2.17 bits per heavy atom. The summed E-state index contributed by atoms with van der Waals surface area (Å²) < 4.78 is 36.8. The molecule has 0 heterocycles. The van der Waals surface area contributed by atoms with Crippen LogP contribution in [0.5, 0.6) is 0 Å². The number of alkyl halides is 3. The van der Waals surface area contributed by atoms with Gasteiger partial charge in [-0.25, -0.2) is 0 Å². The van der Waals surface area contributed by atoms with Crippen molar-refractivity contribution in [3.05, 3.63) is 64.7 Å². The van der Waals surface area contributed by atoms with Crippen LogP contribution >= 0.6 is 0 Å². The average Bonchev–Trinajstić information content (AvgIpc) is 2.65. The van der Waals surface area contributed by atoms with Crippen molar-refractivity contribution in [3.8, 4) is 0 Å². The Bertz CT molecular complexity index is 898. The molecule has 2 aromatic carbocycles. The van der Waals surface area contributed by atoms with E-state index in [1.807, 2.05) is 17.4 Å². The maximum Gasteiger partial charge on any atom is 0.405 e. The molecule has 0 aliphatic rings. The van der Waals surface area contributed by atoms with Crippen LogP contribution in [0, 0.1) is 6.92 Å². The van der Waals surface area contributed by atoms with Crippen LogP contribution in [0.3, 0.4) is 0 Å². The Balaban J connectivity index is 1.97. The van der Waals surface area contributed by atoms with Crippen LogP contribution < -0.4 is 10.6 Å². The molecule has 162 valence electrons. The van der Waals surface area contributed by atoms with Gasteiger partial charge in [0, 0.05) is 17.7 Å². The van der Waals surface area contributed by atoms with Crippen LogP contribution in [0.1, 0.15) is 54.2 Å². The van der Waals surface area contributed by atoms with Gasteiger partial charge < -0.3 is 10.6 Å². The summed E-state index contributed by atoms with van der Waals surface area (Å²) in [7, 11) is 0. The summed E-state index contributed by atoms with van der Waals surface area (Å²) in [6.07, 6.45) is -3.68. The van der Waals surface area contributed by atoms with Crippen LogP contribution in [0.4, 0.5) is 18.9 Å². The molecule has 0 fully saturated rings. The van der Waals surface area contributed by atoms with Gasteiger partial charge >= 0.3 is 6.18 Å². The van der Waals surface area contributed by atoms with Gasteiger partial charge in [0.1, 0.15) is 6.54 Å². The van der Waals surface area contributed by atoms with Gasteiger partial charge in [-0.1, -0.05) is 51.1 Å². The minimum absolute atomic E-state index is 0.0536. The number of rotatable bonds is 6. The van der Waals surface area contributed by atoms with Crippen molar-refractivity contribution in [2.45, 2.75) is 52.1 Å². The highest BCUT2D eigenvalue weighted by molar-refractivity contribution is 5.97. The molecule has 0 aliphatic heterocycles. The third-order valence-electron chi connectivity index (χ3n) is 4.68. The van der Waals surface area contributed by atoms with Crippen LogP contribution in [0.15, 0.2) is 42.5 Å². The number of carbonyl (C=O) groups is 2. The molecule has 2 N–H and O–H groups in total. The zero-order chi connectivity index (χ0) is 22.5. The number of halogens is 3. The van der Waals surface area contributed by atoms with Gasteiger partial charge in [-0.05, 0) is 47.6 Å². The summed E-state index contributed by atoms with van der Waals surface area (Å²) >= 11 is 0. The molecule has 0 saturated carbocycles. The molecule has 4 nitrogen and oxygen atoms in total. The fraction of sp³-hybridized carbons (Fsp3) is 0.391. The normalized spacial score (nSPS) is 11.8. The highest BCUT2D eigenvalue weighted by Gasteiger charge is 2.28. The van der Waals surface area contributed by atoms with Crippen molar-refractivity contribution < 1.29 is 22.8 Å². The number of amides is 2. The highest BCUT2D eigenvalue weighted by atomic mass is 19.4. The lowest BCUT2D eigenvalue weighted by Gasteiger charge is -2.19. The Morgan fingerprint density at radius 2 is 1.60 bits per heavy atom. The molecule has 0 bridgehead atoms. The van der Waals surface area contributed by atoms with Crippen LogP contribution in [0.25, 0.3) is 0 Å². The molecule has 0 spiro atoms. The second kappa shape index (κ2) is 9.32. The zero-order valence-corrected chi connectivity index (χ0v) is 17.6. The molecule has 2 aromatic rings. The lowest BCUT2D eigenvalue weighted by atomic mass is 9.86. The van der Waals surface area contributed by atoms with E-state index >= 15 is 0 Å². The summed E-state index contributed by atoms with van der Waals surface area (Å²) in [4.78, 5) is 24.3. The third kappa shape index (κ3) is 7.21. The van der Waals surface area contributed by atoms with Crippen molar-refractivity contribution in [2.75, 3.05) is 11.9 Å². The fourth-order valence-electron chi connectivity index (χ4n) is 2.82. The van der Waals surface area contributed by atoms with Gasteiger partial charge in [-0.15, -0.1) is 0 Å². The van der Waals surface area contributed by atoms with Gasteiger partial charge in [0.05, 0.1) is 0 Å². The van der Waals surface area contributed by atoms with E-state index in [0.717, 1.165) is 5.56 Å². The number of anilines is 1. The molecule has 30 heavy (non-hydrogen) atoms. The molecule has 7 heteroatoms. The van der Waals surface area contributed by atoms with Crippen molar-refractivity contribution in [3.63, 3.8) is 0 Å². The maximum absolute atomic E-state index is 12.3. The predicted molar refractivity (Wildman–Crippen MR) is 112 cm³/mol. The lowest BCUT2D eigenvalue weighted by molar-refractivity contribution is -0.123. The summed E-state index contributed by atoms with van der Waals surface area (Å²) in [6.45, 7) is 6.74. The number of hydrogen-bond donors (Lipinski definition) is 2. The predicted octanol–water partition coefficient (Wildman–Crippen LogP) is 5.16. The van der Waals surface area contributed by atoms with Crippen molar-refractivity contribution in [2.24, 2.45) is 0 Å². The average molecular weight is 420 g/mol. The molecule has 0 radical (unpaired) electrons. The monoisotopic (exact) mass is 420 g/mol. The molecule has 0 aromatic heterocycles. The van der Waals surface area contributed by atoms with Gasteiger partial charge in [0.15, 0.2) is 0 Å². The van der Waals surface area contributed by atoms with Crippen LogP contribution in [0.2, 0.25) is 0 Å². The van der Waals surface area contributed by atoms with Crippen LogP contribution in [-0.4, -0.2) is 24.5 Å². The largest absolute Gasteiger partial charge is 0.405 e. The number of aryl methyl sites for hydroxylation is 2. The second-order valence-corrected chi connectivity index (χ2v) is 8.32. The van der Waals surface area contributed by atoms with Crippen LogP contribution in [-0.2, 0) is 16.6 Å². The minimum atomic E-state index is -4.48. The molecule has 0 unspecified atom stereocenters. The standard InChI is InChI=1S/C23H27F3N2O2/c1-15-5-9-17(21(30)27-14-23(24,25)26)13-19(15)28-20(29)12-8-16-6-10-18(11-7-16)22(2,3)4/h5-7,9-11,13H,8,12,14H2,1-4H3,(H,27,30)(H,28,29). The van der Waals surface area contributed by atoms with E-state index in [2.05, 4.69) is 38.2 Å². The SMILES string of the molecule is Cc1ccc(C(=O)NCC(F)(F)F)cc1NC(=O)CCc1ccc(C(C)(C)C)cc1. The molecule has 0 atom stereocenters. The van der Waals surface area contributed by atoms with Gasteiger partial charge in [-0.3, -0.25) is 9.59 Å². The highest BCUT2D eigenvalue weighted by Crippen LogP contribution is 2.23. The molecule has 2 rings (SSSR count). The summed E-state index contributed by atoms with van der Waals surface area (Å²) in [5.41, 5.74) is 3.48. The van der Waals surface area contributed by atoms with E-state index in [1.54, 1.807) is 13.0 Å². The first-order valence-corrected chi connectivity index (χ1v) is 9.70. The second-order valence-electron chi connectivity index (χ2n) is 8.32. The number of carbonyl (C=O) groups excluding carboxylic acids is 2. The molecule has 2 amide bonds. The smallest absolute Gasteiger partial charge is 0.343 e. The third-order valence-corrected chi connectivity index (χ3v) is 4.68. The summed E-state index contributed by atoms with van der Waals surface area (Å²) in [6, 6.07) is 12.5. The topological polar surface area (TPSA) is 58.2 Å². The van der Waals surface area contributed by atoms with Crippen molar-refractivity contribution in [1.82, 2.24) is 5.32 Å². The summed E-state index contributed by atoms with van der Waals surface area (Å²) in [5, 5.41) is 4.57. The first-order valence-electron chi connectivity index (χ1n) is 9.70. The Labute approximate surface area is 174 Å². The maximum atomic E-state index is 12.3. The number of hydrogen-bond acceptors (Lipinski definition) is 2. The lowest BCUT2D eigenvalue weighted by Crippen LogP contribution is -2.33. The van der Waals surface area contributed by atoms with E-state index in [-0.39, 0.29) is 23.3 Å². The van der Waals surface area contributed by atoms with E-state index in [0.29, 0.717) is 17.7 Å². The van der Waals surface area contributed by atoms with Gasteiger partial charge in [0.2, 0.25) is 5.91 Å². The summed E-state index contributed by atoms with van der Waals surface area (Å²) in [5.74, 6) is -1.08. The van der Waals surface area contributed by atoms with E-state index in [9.17, 15) is 22.8 Å². The number of benzene rings is 2. The van der Waals surface area contributed by atoms with E-state index in [4.69, 9.17) is 0 Å². The van der Waals surface area contributed by atoms with Gasteiger partial charge in [-0.2, -0.15) is 13.2 Å². The Kier molecular flexibility index (Phi) is 7.29. The quantitative estimate of drug-likeness (QED) is 0.679. The minimum Gasteiger partial charge on any atom is -0.343 e. The molecular weight excluding hydrogens is 393 g/mol. The molecule has 0 aliphatic carbocycles. The Morgan fingerprint density at radius 1 is 0.967 bits per heavy atom. The number of nitrogens with one attached hydrogen (secondary N) is 2. The molecule has 0 saturated heterocycles. The fourth-order valence-corrected chi connectivity index (χ4v) is 2.82. The van der Waals surface area contributed by atoms with Crippen molar-refractivity contribution in [1.29, 1.82) is 0 Å². The zero-order valence-electron chi connectivity index (χ0n) is 17.6. The van der Waals surface area contributed by atoms with Crippen molar-refractivity contribution >= 4 is 17.5 Å². The first-order chi connectivity index (χ1) is 13.8. The Hall–Kier alpha value is -2.83. The van der Waals surface area contributed by atoms with Gasteiger partial charge in [0.25, 0.3) is 5.91 Å². The van der Waals surface area contributed by atoms with E-state index < -0.39 is 18.6 Å². The molecular formula is C23H27F3N2O2. The van der Waals surface area contributed by atoms with E-state index in [1.165, 1.54) is 17.7 Å².